The van der Waals surface area contributed by atoms with Gasteiger partial charge in [-0.1, -0.05) is 23.4 Å². The van der Waals surface area contributed by atoms with Gasteiger partial charge in [0.05, 0.1) is 6.54 Å². The molecule has 3 rings (SSSR count). The van der Waals surface area contributed by atoms with E-state index in [9.17, 15) is 9.59 Å². The summed E-state index contributed by atoms with van der Waals surface area (Å²) >= 11 is 5.86. The molecule has 1 aliphatic rings. The molecule has 0 spiro atoms. The highest BCUT2D eigenvalue weighted by Gasteiger charge is 2.29. The van der Waals surface area contributed by atoms with Crippen molar-refractivity contribution in [3.05, 3.63) is 59.1 Å². The van der Waals surface area contributed by atoms with Gasteiger partial charge in [0.25, 0.3) is 5.91 Å². The molecule has 1 heterocycles. The van der Waals surface area contributed by atoms with Gasteiger partial charge in [0.2, 0.25) is 0 Å². The van der Waals surface area contributed by atoms with Crippen LogP contribution in [0.3, 0.4) is 0 Å². The molecule has 2 N–H and O–H groups in total. The fraction of sp³-hybridized carbons (Fsp3) is 0.273. The van der Waals surface area contributed by atoms with Gasteiger partial charge in [-0.25, -0.2) is 4.79 Å². The number of nitrogens with zero attached hydrogens (tertiary/aromatic N) is 1. The molecule has 0 radical (unpaired) electrons. The van der Waals surface area contributed by atoms with Gasteiger partial charge < -0.3 is 15.4 Å². The number of nitrogens with one attached hydrogen (secondary N) is 2. The number of amides is 3. The van der Waals surface area contributed by atoms with Crippen LogP contribution in [0.5, 0.6) is 5.75 Å². The molecule has 1 saturated heterocycles. The monoisotopic (exact) mass is 411 g/mol. The predicted octanol–water partition coefficient (Wildman–Crippen LogP) is 3.19. The van der Waals surface area contributed by atoms with Crippen LogP contribution in [0.1, 0.15) is 19.4 Å². The number of rotatable bonds is 5. The van der Waals surface area contributed by atoms with Gasteiger partial charge in [0, 0.05) is 29.4 Å². The number of ether oxygens (including phenoxy) is 1. The first kappa shape index (κ1) is 20.6. The topological polar surface area (TPSA) is 70.7 Å². The van der Waals surface area contributed by atoms with Crippen molar-refractivity contribution >= 4 is 29.2 Å². The molecular weight excluding hydrogens is 390 g/mol. The van der Waals surface area contributed by atoms with Crippen LogP contribution in [0.4, 0.5) is 10.5 Å². The summed E-state index contributed by atoms with van der Waals surface area (Å²) in [7, 11) is 0. The standard InChI is InChI=1S/C22H22ClN3O3/c1-22(2,29-19-11-7-17(23)8-12-19)20(27)24-13-3-4-16-5-9-18(10-6-16)26-15-14-25-21(26)28/h5-12H,13-15H2,1-2H3,(H,24,27)(H,25,28). The maximum absolute atomic E-state index is 12.4. The third kappa shape index (κ3) is 5.43. The van der Waals surface area contributed by atoms with Gasteiger partial charge >= 0.3 is 6.03 Å². The Labute approximate surface area is 175 Å². The Balaban J connectivity index is 1.51. The first-order valence-electron chi connectivity index (χ1n) is 9.22. The normalized spacial score (nSPS) is 13.3. The Hall–Kier alpha value is -3.17. The van der Waals surface area contributed by atoms with Crippen LogP contribution in [-0.4, -0.2) is 37.2 Å². The minimum absolute atomic E-state index is 0.0880. The molecule has 0 aliphatic carbocycles. The highest BCUT2D eigenvalue weighted by molar-refractivity contribution is 6.30. The molecule has 29 heavy (non-hydrogen) atoms. The largest absolute Gasteiger partial charge is 0.478 e. The van der Waals surface area contributed by atoms with Crippen LogP contribution in [0.25, 0.3) is 0 Å². The number of urea groups is 1. The quantitative estimate of drug-likeness (QED) is 0.742. The van der Waals surface area contributed by atoms with Crippen LogP contribution in [0, 0.1) is 11.8 Å². The number of carbonyl (C=O) groups excluding carboxylic acids is 2. The van der Waals surface area contributed by atoms with Crippen molar-refractivity contribution in [3.63, 3.8) is 0 Å². The van der Waals surface area contributed by atoms with Crippen molar-refractivity contribution in [1.82, 2.24) is 10.6 Å². The van der Waals surface area contributed by atoms with E-state index in [1.54, 1.807) is 43.0 Å². The highest BCUT2D eigenvalue weighted by Crippen LogP contribution is 2.21. The smallest absolute Gasteiger partial charge is 0.321 e. The molecule has 1 aliphatic heterocycles. The number of anilines is 1. The Morgan fingerprint density at radius 1 is 1.21 bits per heavy atom. The minimum Gasteiger partial charge on any atom is -0.478 e. The number of benzene rings is 2. The van der Waals surface area contributed by atoms with Crippen LogP contribution in [-0.2, 0) is 4.79 Å². The summed E-state index contributed by atoms with van der Waals surface area (Å²) < 4.78 is 5.75. The maximum Gasteiger partial charge on any atom is 0.321 e. The second-order valence-electron chi connectivity index (χ2n) is 6.98. The molecule has 0 unspecified atom stereocenters. The van der Waals surface area contributed by atoms with E-state index in [-0.39, 0.29) is 18.5 Å². The number of hydrogen-bond acceptors (Lipinski definition) is 3. The zero-order valence-corrected chi connectivity index (χ0v) is 17.0. The summed E-state index contributed by atoms with van der Waals surface area (Å²) in [4.78, 5) is 25.8. The van der Waals surface area contributed by atoms with E-state index in [0.717, 1.165) is 11.3 Å². The van der Waals surface area contributed by atoms with Gasteiger partial charge in [0.1, 0.15) is 5.75 Å². The minimum atomic E-state index is -1.05. The summed E-state index contributed by atoms with van der Waals surface area (Å²) in [5.74, 6) is 6.22. The van der Waals surface area contributed by atoms with Crippen molar-refractivity contribution in [2.45, 2.75) is 19.4 Å². The van der Waals surface area contributed by atoms with Crippen molar-refractivity contribution in [1.29, 1.82) is 0 Å². The average Bonchev–Trinajstić information content (AvgIpc) is 3.13. The van der Waals surface area contributed by atoms with E-state index in [2.05, 4.69) is 22.5 Å². The fourth-order valence-electron chi connectivity index (χ4n) is 2.77. The fourth-order valence-corrected chi connectivity index (χ4v) is 2.90. The molecule has 150 valence electrons. The average molecular weight is 412 g/mol. The summed E-state index contributed by atoms with van der Waals surface area (Å²) in [6.45, 7) is 4.89. The molecule has 0 saturated carbocycles. The second kappa shape index (κ2) is 8.89. The molecule has 7 heteroatoms. The predicted molar refractivity (Wildman–Crippen MR) is 113 cm³/mol. The molecule has 2 aromatic carbocycles. The van der Waals surface area contributed by atoms with E-state index in [4.69, 9.17) is 16.3 Å². The maximum atomic E-state index is 12.4. The van der Waals surface area contributed by atoms with Crippen molar-refractivity contribution in [2.24, 2.45) is 0 Å². The number of halogens is 1. The number of hydrogen-bond donors (Lipinski definition) is 2. The van der Waals surface area contributed by atoms with E-state index in [0.29, 0.717) is 23.9 Å². The summed E-state index contributed by atoms with van der Waals surface area (Å²) in [5.41, 5.74) is 0.590. The first-order chi connectivity index (χ1) is 13.8. The third-order valence-corrected chi connectivity index (χ3v) is 4.59. The molecule has 0 bridgehead atoms. The van der Waals surface area contributed by atoms with Crippen molar-refractivity contribution in [3.8, 4) is 17.6 Å². The van der Waals surface area contributed by atoms with Gasteiger partial charge in [0.15, 0.2) is 5.60 Å². The Kier molecular flexibility index (Phi) is 6.30. The number of carbonyl (C=O) groups is 2. The van der Waals surface area contributed by atoms with Gasteiger partial charge in [-0.05, 0) is 62.4 Å². The Bertz CT molecular complexity index is 944. The zero-order valence-electron chi connectivity index (χ0n) is 16.3. The zero-order chi connectivity index (χ0) is 20.9. The van der Waals surface area contributed by atoms with Crippen LogP contribution in [0.2, 0.25) is 5.02 Å². The Morgan fingerprint density at radius 2 is 1.90 bits per heavy atom. The van der Waals surface area contributed by atoms with E-state index in [1.807, 2.05) is 24.3 Å². The second-order valence-corrected chi connectivity index (χ2v) is 7.42. The summed E-state index contributed by atoms with van der Waals surface area (Å²) in [5, 5.41) is 6.13. The molecule has 3 amide bonds. The van der Waals surface area contributed by atoms with Crippen LogP contribution < -0.4 is 20.3 Å². The molecule has 0 aromatic heterocycles. The Morgan fingerprint density at radius 3 is 2.52 bits per heavy atom. The third-order valence-electron chi connectivity index (χ3n) is 4.34. The first-order valence-corrected chi connectivity index (χ1v) is 9.60. The lowest BCUT2D eigenvalue weighted by Gasteiger charge is -2.24. The van der Waals surface area contributed by atoms with Crippen molar-refractivity contribution in [2.75, 3.05) is 24.5 Å². The SMILES string of the molecule is CC(C)(Oc1ccc(Cl)cc1)C(=O)NCC#Cc1ccc(N2CCNC2=O)cc1. The van der Waals surface area contributed by atoms with Gasteiger partial charge in [-0.3, -0.25) is 9.69 Å². The highest BCUT2D eigenvalue weighted by atomic mass is 35.5. The van der Waals surface area contributed by atoms with E-state index in [1.165, 1.54) is 0 Å². The summed E-state index contributed by atoms with van der Waals surface area (Å²) in [6, 6.07) is 14.2. The van der Waals surface area contributed by atoms with Crippen molar-refractivity contribution < 1.29 is 14.3 Å². The molecule has 1 fully saturated rings. The molecule has 6 nitrogen and oxygen atoms in total. The summed E-state index contributed by atoms with van der Waals surface area (Å²) in [6.07, 6.45) is 0. The molecule has 2 aromatic rings. The van der Waals surface area contributed by atoms with E-state index < -0.39 is 5.60 Å². The lowest BCUT2D eigenvalue weighted by Crippen LogP contribution is -2.46. The van der Waals surface area contributed by atoms with Crippen LogP contribution >= 0.6 is 11.6 Å². The van der Waals surface area contributed by atoms with Gasteiger partial charge in [-0.2, -0.15) is 0 Å². The molecule has 0 atom stereocenters. The lowest BCUT2D eigenvalue weighted by molar-refractivity contribution is -0.133. The van der Waals surface area contributed by atoms with Gasteiger partial charge in [-0.15, -0.1) is 0 Å². The van der Waals surface area contributed by atoms with Crippen LogP contribution in [0.15, 0.2) is 48.5 Å². The molecular formula is C22H22ClN3O3. The lowest BCUT2D eigenvalue weighted by atomic mass is 10.1. The van der Waals surface area contributed by atoms with E-state index >= 15 is 0 Å².